The molecule has 0 unspecified atom stereocenters. The molecule has 1 aromatic carbocycles. The van der Waals surface area contributed by atoms with Crippen molar-refractivity contribution in [1.29, 1.82) is 0 Å². The smallest absolute Gasteiger partial charge is 0.263 e. The Kier molecular flexibility index (Phi) is 4.63. The Hall–Kier alpha value is -2.41. The number of ether oxygens (including phenoxy) is 1. The van der Waals surface area contributed by atoms with Crippen LogP contribution in [0, 0.1) is 5.92 Å². The summed E-state index contributed by atoms with van der Waals surface area (Å²) in [6, 6.07) is 7.87. The average molecular weight is 356 g/mol. The molecule has 138 valence electrons. The second-order valence-corrected chi connectivity index (χ2v) is 7.14. The normalized spacial score (nSPS) is 20.1. The van der Waals surface area contributed by atoms with Crippen LogP contribution in [-0.4, -0.2) is 49.9 Å². The Balaban J connectivity index is 1.31. The van der Waals surface area contributed by atoms with Crippen LogP contribution in [-0.2, 0) is 31.3 Å². The molecule has 7 heteroatoms. The second kappa shape index (κ2) is 7.07. The van der Waals surface area contributed by atoms with Crippen molar-refractivity contribution in [3.05, 3.63) is 41.5 Å². The molecule has 0 radical (unpaired) electrons. The van der Waals surface area contributed by atoms with Crippen LogP contribution in [0.3, 0.4) is 0 Å². The highest BCUT2D eigenvalue weighted by atomic mass is 16.5. The standard InChI is InChI=1S/C19H24N4O3/c1-22-17(20-21-18(22)12-24)10-13-6-8-23(9-7-13)19(25)16-11-14-4-2-3-5-15(14)26-16/h2-5,13,16,24H,6-12H2,1H3/t16-/m0/s1. The number of aromatic nitrogens is 3. The van der Waals surface area contributed by atoms with E-state index in [1.165, 1.54) is 0 Å². The van der Waals surface area contributed by atoms with Crippen LogP contribution in [0.15, 0.2) is 24.3 Å². The highest BCUT2D eigenvalue weighted by Crippen LogP contribution is 2.30. The van der Waals surface area contributed by atoms with Gasteiger partial charge in [-0.2, -0.15) is 0 Å². The molecule has 0 aliphatic carbocycles. The topological polar surface area (TPSA) is 80.5 Å². The number of rotatable bonds is 4. The minimum Gasteiger partial charge on any atom is -0.480 e. The molecule has 0 bridgehead atoms. The molecular formula is C19H24N4O3. The van der Waals surface area contributed by atoms with Gasteiger partial charge in [0.05, 0.1) is 0 Å². The molecule has 1 aromatic heterocycles. The fraction of sp³-hybridized carbons (Fsp3) is 0.526. The summed E-state index contributed by atoms with van der Waals surface area (Å²) in [5.74, 6) is 2.90. The van der Waals surface area contributed by atoms with Crippen molar-refractivity contribution in [1.82, 2.24) is 19.7 Å². The van der Waals surface area contributed by atoms with Crippen molar-refractivity contribution in [2.24, 2.45) is 13.0 Å². The van der Waals surface area contributed by atoms with Crippen molar-refractivity contribution in [3.63, 3.8) is 0 Å². The number of aliphatic hydroxyl groups excluding tert-OH is 1. The number of likely N-dealkylation sites (tertiary alicyclic amines) is 1. The van der Waals surface area contributed by atoms with Crippen molar-refractivity contribution in [3.8, 4) is 5.75 Å². The zero-order chi connectivity index (χ0) is 18.1. The molecule has 0 saturated carbocycles. The number of carbonyl (C=O) groups excluding carboxylic acids is 1. The quantitative estimate of drug-likeness (QED) is 0.887. The highest BCUT2D eigenvalue weighted by Gasteiger charge is 2.34. The molecule has 0 spiro atoms. The molecule has 1 atom stereocenters. The molecule has 4 rings (SSSR count). The van der Waals surface area contributed by atoms with Crippen LogP contribution in [0.2, 0.25) is 0 Å². The predicted molar refractivity (Wildman–Crippen MR) is 94.5 cm³/mol. The Morgan fingerprint density at radius 3 is 2.65 bits per heavy atom. The molecule has 7 nitrogen and oxygen atoms in total. The molecular weight excluding hydrogens is 332 g/mol. The summed E-state index contributed by atoms with van der Waals surface area (Å²) >= 11 is 0. The lowest BCUT2D eigenvalue weighted by Crippen LogP contribution is -2.45. The van der Waals surface area contributed by atoms with Crippen LogP contribution in [0.25, 0.3) is 0 Å². The maximum Gasteiger partial charge on any atom is 0.263 e. The summed E-state index contributed by atoms with van der Waals surface area (Å²) < 4.78 is 7.70. The van der Waals surface area contributed by atoms with E-state index in [0.29, 0.717) is 18.2 Å². The summed E-state index contributed by atoms with van der Waals surface area (Å²) in [7, 11) is 1.88. The zero-order valence-electron chi connectivity index (χ0n) is 15.0. The molecule has 2 aromatic rings. The van der Waals surface area contributed by atoms with Crippen molar-refractivity contribution < 1.29 is 14.6 Å². The molecule has 2 aliphatic rings. The number of benzene rings is 1. The van der Waals surface area contributed by atoms with E-state index in [2.05, 4.69) is 10.2 Å². The minimum absolute atomic E-state index is 0.0970. The first-order valence-corrected chi connectivity index (χ1v) is 9.17. The lowest BCUT2D eigenvalue weighted by Gasteiger charge is -2.33. The van der Waals surface area contributed by atoms with E-state index in [1.807, 2.05) is 40.8 Å². The van der Waals surface area contributed by atoms with Crippen LogP contribution >= 0.6 is 0 Å². The third kappa shape index (κ3) is 3.19. The van der Waals surface area contributed by atoms with Gasteiger partial charge in [-0.15, -0.1) is 10.2 Å². The molecule has 2 aliphatic heterocycles. The molecule has 1 saturated heterocycles. The third-order valence-corrected chi connectivity index (χ3v) is 5.52. The van der Waals surface area contributed by atoms with E-state index in [-0.39, 0.29) is 18.6 Å². The van der Waals surface area contributed by atoms with E-state index in [1.54, 1.807) is 0 Å². The first-order chi connectivity index (χ1) is 12.7. The zero-order valence-corrected chi connectivity index (χ0v) is 15.0. The van der Waals surface area contributed by atoms with E-state index in [0.717, 1.165) is 49.5 Å². The van der Waals surface area contributed by atoms with Gasteiger partial charge in [-0.05, 0) is 30.4 Å². The fourth-order valence-electron chi connectivity index (χ4n) is 3.85. The Labute approximate surface area is 152 Å². The predicted octanol–water partition coefficient (Wildman–Crippen LogP) is 1.09. The average Bonchev–Trinajstić information content (AvgIpc) is 3.25. The number of hydrogen-bond acceptors (Lipinski definition) is 5. The Morgan fingerprint density at radius 2 is 1.96 bits per heavy atom. The number of hydrogen-bond donors (Lipinski definition) is 1. The van der Waals surface area contributed by atoms with Crippen LogP contribution in [0.5, 0.6) is 5.75 Å². The van der Waals surface area contributed by atoms with Crippen LogP contribution in [0.4, 0.5) is 0 Å². The van der Waals surface area contributed by atoms with Crippen molar-refractivity contribution >= 4 is 5.91 Å². The number of aliphatic hydroxyl groups is 1. The van der Waals surface area contributed by atoms with E-state index in [9.17, 15) is 9.90 Å². The van der Waals surface area contributed by atoms with Gasteiger partial charge >= 0.3 is 0 Å². The summed E-state index contributed by atoms with van der Waals surface area (Å²) in [5, 5.41) is 17.4. The molecule has 1 fully saturated rings. The number of carbonyl (C=O) groups is 1. The van der Waals surface area contributed by atoms with Gasteiger partial charge in [0.15, 0.2) is 11.9 Å². The first kappa shape index (κ1) is 17.0. The summed E-state index contributed by atoms with van der Waals surface area (Å²) in [4.78, 5) is 14.7. The van der Waals surface area contributed by atoms with E-state index in [4.69, 9.17) is 4.74 Å². The number of nitrogens with zero attached hydrogens (tertiary/aromatic N) is 4. The number of fused-ring (bicyclic) bond motifs is 1. The molecule has 1 N–H and O–H groups in total. The SMILES string of the molecule is Cn1c(CO)nnc1CC1CCN(C(=O)[C@@H]2Cc3ccccc3O2)CC1. The van der Waals surface area contributed by atoms with Gasteiger partial charge in [-0.1, -0.05) is 18.2 Å². The molecule has 1 amide bonds. The number of piperidine rings is 1. The monoisotopic (exact) mass is 356 g/mol. The Morgan fingerprint density at radius 1 is 1.23 bits per heavy atom. The maximum atomic E-state index is 12.8. The van der Waals surface area contributed by atoms with Gasteiger partial charge in [-0.3, -0.25) is 4.79 Å². The number of para-hydroxylation sites is 1. The summed E-state index contributed by atoms with van der Waals surface area (Å²) in [5.41, 5.74) is 1.11. The summed E-state index contributed by atoms with van der Waals surface area (Å²) in [6.07, 6.45) is 3.02. The van der Waals surface area contributed by atoms with E-state index < -0.39 is 0 Å². The number of amides is 1. The highest BCUT2D eigenvalue weighted by molar-refractivity contribution is 5.82. The Bertz CT molecular complexity index is 771. The lowest BCUT2D eigenvalue weighted by atomic mass is 9.93. The van der Waals surface area contributed by atoms with Crippen molar-refractivity contribution in [2.75, 3.05) is 13.1 Å². The van der Waals surface area contributed by atoms with Gasteiger partial charge in [0, 0.05) is 33.0 Å². The largest absolute Gasteiger partial charge is 0.480 e. The first-order valence-electron chi connectivity index (χ1n) is 9.17. The fourth-order valence-corrected chi connectivity index (χ4v) is 3.85. The third-order valence-electron chi connectivity index (χ3n) is 5.52. The molecule has 26 heavy (non-hydrogen) atoms. The minimum atomic E-state index is -0.380. The van der Waals surface area contributed by atoms with Crippen LogP contribution < -0.4 is 4.74 Å². The van der Waals surface area contributed by atoms with Crippen LogP contribution in [0.1, 0.15) is 30.1 Å². The lowest BCUT2D eigenvalue weighted by molar-refractivity contribution is -0.139. The van der Waals surface area contributed by atoms with Gasteiger partial charge in [0.1, 0.15) is 18.2 Å². The van der Waals surface area contributed by atoms with Gasteiger partial charge in [0.25, 0.3) is 5.91 Å². The molecule has 3 heterocycles. The van der Waals surface area contributed by atoms with Gasteiger partial charge < -0.3 is 19.3 Å². The van der Waals surface area contributed by atoms with Gasteiger partial charge in [-0.25, -0.2) is 0 Å². The summed E-state index contributed by atoms with van der Waals surface area (Å²) in [6.45, 7) is 1.41. The van der Waals surface area contributed by atoms with E-state index >= 15 is 0 Å². The maximum absolute atomic E-state index is 12.8. The second-order valence-electron chi connectivity index (χ2n) is 7.14. The van der Waals surface area contributed by atoms with Gasteiger partial charge in [0.2, 0.25) is 0 Å². The van der Waals surface area contributed by atoms with Crippen molar-refractivity contribution in [2.45, 2.75) is 38.4 Å².